The van der Waals surface area contributed by atoms with Crippen molar-refractivity contribution in [2.75, 3.05) is 0 Å². The smallest absolute Gasteiger partial charge is 0.0629 e. The second-order valence-corrected chi connectivity index (χ2v) is 13.5. The van der Waals surface area contributed by atoms with Crippen LogP contribution >= 0.6 is 0 Å². The van der Waals surface area contributed by atoms with Gasteiger partial charge in [0.25, 0.3) is 0 Å². The van der Waals surface area contributed by atoms with E-state index in [1.807, 2.05) is 94.4 Å². The van der Waals surface area contributed by atoms with E-state index in [1.165, 1.54) is 32.7 Å². The van der Waals surface area contributed by atoms with Crippen LogP contribution in [0.1, 0.15) is 56.1 Å². The Bertz CT molecular complexity index is 2910. The van der Waals surface area contributed by atoms with Crippen LogP contribution < -0.4 is 0 Å². The molecule has 3 heteroatoms. The SMILES string of the molecule is [2H]C(C)(C)c1ccnc(-c2[c-]cc3c(c2)cc(-c2ccccc2)c2ccccc23)c1.[2H]c1c([2H])c2ccccc2c2c[c-]c(-c3cc(C([2H])(C)C)ccn3)cc12.[Ir]. The minimum absolute atomic E-state index is 0. The van der Waals surface area contributed by atoms with Gasteiger partial charge in [0.05, 0.1) is 2.74 Å². The molecule has 0 bridgehead atoms. The van der Waals surface area contributed by atoms with Crippen LogP contribution in [0.5, 0.6) is 0 Å². The van der Waals surface area contributed by atoms with Gasteiger partial charge < -0.3 is 9.97 Å². The van der Waals surface area contributed by atoms with Crippen LogP contribution in [0.2, 0.25) is 0 Å². The minimum atomic E-state index is -0.709. The van der Waals surface area contributed by atoms with E-state index >= 15 is 0 Å². The molecule has 0 aliphatic heterocycles. The fourth-order valence-corrected chi connectivity index (χ4v) is 6.76. The van der Waals surface area contributed by atoms with Crippen molar-refractivity contribution in [2.24, 2.45) is 0 Å². The molecule has 0 amide bonds. The summed E-state index contributed by atoms with van der Waals surface area (Å²) in [6, 6.07) is 51.9. The van der Waals surface area contributed by atoms with Gasteiger partial charge in [-0.25, -0.2) is 0 Å². The molecule has 2 nitrogen and oxygen atoms in total. The number of nitrogens with zero attached hydrogens (tertiary/aromatic N) is 2. The average molecular weight is 865 g/mol. The molecule has 0 unspecified atom stereocenters. The first-order valence-corrected chi connectivity index (χ1v) is 17.6. The van der Waals surface area contributed by atoms with Crippen molar-refractivity contribution >= 4 is 43.1 Å². The van der Waals surface area contributed by atoms with Gasteiger partial charge in [0.15, 0.2) is 0 Å². The number of rotatable bonds is 5. The molecule has 0 aliphatic rings. The Balaban J connectivity index is 0.000000173. The molecular formula is C50H40IrN2-2. The molecule has 261 valence electrons. The summed E-state index contributed by atoms with van der Waals surface area (Å²) in [5, 5.41) is 8.20. The van der Waals surface area contributed by atoms with E-state index in [1.54, 1.807) is 12.4 Å². The summed E-state index contributed by atoms with van der Waals surface area (Å²) in [6.45, 7) is 7.48. The van der Waals surface area contributed by atoms with E-state index in [4.69, 9.17) is 5.48 Å². The van der Waals surface area contributed by atoms with Crippen molar-refractivity contribution in [2.45, 2.75) is 39.5 Å². The Morgan fingerprint density at radius 2 is 1.02 bits per heavy atom. The number of hydrogen-bond donors (Lipinski definition) is 0. The van der Waals surface area contributed by atoms with Crippen molar-refractivity contribution < 1.29 is 25.6 Å². The summed E-state index contributed by atoms with van der Waals surface area (Å²) in [7, 11) is 0. The second-order valence-electron chi connectivity index (χ2n) is 13.5. The standard InChI is InChI=1S/C28H22N.C22H18N.Ir/c1-19(2)21-14-15-29-28(18-21)22-12-13-24-23(16-22)17-27(20-8-4-3-5-9-20)26-11-7-6-10-25(24)26;1-15(2)17-11-12-23-22(14-17)19-9-10-21-18(13-19)8-7-16-5-3-4-6-20(16)21;/h3-11,13-19H,1-2H3;3-8,10-15H,1-2H3;/q2*-1;/i19D;7D,8D,15D;. The molecule has 9 rings (SSSR count). The summed E-state index contributed by atoms with van der Waals surface area (Å²) < 4.78 is 33.3. The Morgan fingerprint density at radius 1 is 0.509 bits per heavy atom. The Hall–Kier alpha value is -5.47. The first kappa shape index (κ1) is 31.1. The third kappa shape index (κ3) is 7.42. The molecule has 0 saturated heterocycles. The molecule has 2 aromatic heterocycles. The van der Waals surface area contributed by atoms with E-state index in [-0.39, 0.29) is 32.2 Å². The number of hydrogen-bond acceptors (Lipinski definition) is 2. The monoisotopic (exact) mass is 865 g/mol. The topological polar surface area (TPSA) is 25.8 Å². The molecule has 0 N–H and O–H groups in total. The maximum atomic E-state index is 8.42. The molecule has 2 heterocycles. The summed E-state index contributed by atoms with van der Waals surface area (Å²) >= 11 is 0. The third-order valence-corrected chi connectivity index (χ3v) is 9.60. The average Bonchev–Trinajstić information content (AvgIpc) is 3.22. The first-order valence-electron chi connectivity index (χ1n) is 19.6. The van der Waals surface area contributed by atoms with Crippen LogP contribution in [0.25, 0.3) is 76.7 Å². The summed E-state index contributed by atoms with van der Waals surface area (Å²) in [4.78, 5) is 8.98. The molecule has 0 aliphatic carbocycles. The van der Waals surface area contributed by atoms with Crippen molar-refractivity contribution in [3.63, 3.8) is 0 Å². The van der Waals surface area contributed by atoms with Crippen molar-refractivity contribution in [1.82, 2.24) is 9.97 Å². The predicted octanol–water partition coefficient (Wildman–Crippen LogP) is 13.6. The van der Waals surface area contributed by atoms with E-state index in [9.17, 15) is 0 Å². The molecular weight excluding hydrogens is 821 g/mol. The van der Waals surface area contributed by atoms with Crippen LogP contribution in [0.15, 0.2) is 158 Å². The van der Waals surface area contributed by atoms with Crippen LogP contribution in [-0.2, 0) is 20.1 Å². The zero-order chi connectivity index (χ0) is 39.2. The van der Waals surface area contributed by atoms with E-state index in [0.29, 0.717) is 0 Å². The molecule has 0 fully saturated rings. The normalized spacial score (nSPS) is 12.7. The van der Waals surface area contributed by atoms with Crippen molar-refractivity contribution in [1.29, 1.82) is 0 Å². The van der Waals surface area contributed by atoms with Crippen LogP contribution in [0, 0.1) is 12.1 Å². The van der Waals surface area contributed by atoms with Gasteiger partial charge in [-0.15, -0.1) is 52.9 Å². The van der Waals surface area contributed by atoms with Crippen LogP contribution in [-0.4, -0.2) is 9.97 Å². The maximum absolute atomic E-state index is 8.42. The van der Waals surface area contributed by atoms with Gasteiger partial charge in [-0.05, 0) is 57.2 Å². The quantitative estimate of drug-likeness (QED) is 0.127. The summed E-state index contributed by atoms with van der Waals surface area (Å²) in [5.74, 6) is -1.37. The molecule has 0 spiro atoms. The number of aromatic nitrogens is 2. The number of benzene rings is 7. The Morgan fingerprint density at radius 3 is 1.64 bits per heavy atom. The van der Waals surface area contributed by atoms with Crippen LogP contribution in [0.3, 0.4) is 0 Å². The number of fused-ring (bicyclic) bond motifs is 6. The fraction of sp³-hybridized carbons (Fsp3) is 0.120. The zero-order valence-electron chi connectivity index (χ0n) is 34.1. The molecule has 0 saturated carbocycles. The third-order valence-electron chi connectivity index (χ3n) is 9.60. The number of pyridine rings is 2. The Labute approximate surface area is 331 Å². The minimum Gasteiger partial charge on any atom is -0.305 e. The van der Waals surface area contributed by atoms with E-state index in [0.717, 1.165) is 55.2 Å². The van der Waals surface area contributed by atoms with Crippen LogP contribution in [0.4, 0.5) is 0 Å². The summed E-state index contributed by atoms with van der Waals surface area (Å²) in [5.41, 5.74) is 7.56. The van der Waals surface area contributed by atoms with Gasteiger partial charge >= 0.3 is 0 Å². The molecule has 7 aromatic carbocycles. The van der Waals surface area contributed by atoms with E-state index in [2.05, 4.69) is 88.8 Å². The Kier molecular flexibility index (Phi) is 9.18. The van der Waals surface area contributed by atoms with Crippen molar-refractivity contribution in [3.05, 3.63) is 181 Å². The first-order chi connectivity index (χ1) is 26.9. The van der Waals surface area contributed by atoms with Gasteiger partial charge in [-0.1, -0.05) is 175 Å². The summed E-state index contributed by atoms with van der Waals surface area (Å²) in [6.07, 6.45) is 3.49. The van der Waals surface area contributed by atoms with Gasteiger partial charge in [-0.2, -0.15) is 0 Å². The zero-order valence-corrected chi connectivity index (χ0v) is 32.5. The maximum Gasteiger partial charge on any atom is 0.0629 e. The second kappa shape index (κ2) is 15.6. The molecule has 1 radical (unpaired) electrons. The molecule has 53 heavy (non-hydrogen) atoms. The van der Waals surface area contributed by atoms with Crippen molar-refractivity contribution in [3.8, 4) is 33.6 Å². The van der Waals surface area contributed by atoms with Gasteiger partial charge in [0.1, 0.15) is 0 Å². The fourth-order valence-electron chi connectivity index (χ4n) is 6.76. The van der Waals surface area contributed by atoms with Gasteiger partial charge in [0.2, 0.25) is 0 Å². The van der Waals surface area contributed by atoms with Gasteiger partial charge in [0, 0.05) is 35.2 Å². The van der Waals surface area contributed by atoms with E-state index < -0.39 is 11.8 Å². The van der Waals surface area contributed by atoms with Gasteiger partial charge in [-0.3, -0.25) is 0 Å². The largest absolute Gasteiger partial charge is 0.305 e. The molecule has 0 atom stereocenters. The predicted molar refractivity (Wildman–Crippen MR) is 221 cm³/mol. The molecule has 9 aromatic rings.